The lowest BCUT2D eigenvalue weighted by Gasteiger charge is -2.12. The molecule has 0 N–H and O–H groups in total. The van der Waals surface area contributed by atoms with Gasteiger partial charge in [-0.3, -0.25) is 19.3 Å². The Kier molecular flexibility index (Phi) is 24.9. The van der Waals surface area contributed by atoms with Gasteiger partial charge in [0.1, 0.15) is 0 Å². The minimum atomic E-state index is -0.328. The number of hydrogen-bond donors (Lipinski definition) is 0. The van der Waals surface area contributed by atoms with Crippen molar-refractivity contribution in [2.24, 2.45) is 0 Å². The Morgan fingerprint density at radius 2 is 1.74 bits per heavy atom. The number of hydrogen-bond acceptors (Lipinski definition) is 4. The van der Waals surface area contributed by atoms with E-state index in [9.17, 15) is 14.4 Å². The molecule has 0 bridgehead atoms. The second-order valence-corrected chi connectivity index (χ2v) is 3.81. The zero-order valence-electron chi connectivity index (χ0n) is 15.1. The van der Waals surface area contributed by atoms with Crippen molar-refractivity contribution in [1.29, 1.82) is 0 Å². The summed E-state index contributed by atoms with van der Waals surface area (Å²) in [5.74, 6) is 1.56. The fraction of sp³-hybridized carbons (Fsp3) is 0.611. The van der Waals surface area contributed by atoms with Gasteiger partial charge in [0.15, 0.2) is 6.61 Å². The van der Waals surface area contributed by atoms with Crippen LogP contribution in [0, 0.1) is 12.3 Å². The first-order valence-electron chi connectivity index (χ1n) is 8.13. The molecule has 5 heteroatoms. The van der Waals surface area contributed by atoms with Gasteiger partial charge in [-0.05, 0) is 25.8 Å². The monoisotopic (exact) mass is 325 g/mol. The van der Waals surface area contributed by atoms with Gasteiger partial charge >= 0.3 is 5.97 Å². The molecule has 0 spiro atoms. The largest absolute Gasteiger partial charge is 0.452 e. The molecule has 0 aliphatic carbocycles. The first-order chi connectivity index (χ1) is 11.2. The number of esters is 1. The Labute approximate surface area is 141 Å². The van der Waals surface area contributed by atoms with Crippen molar-refractivity contribution in [3.05, 3.63) is 12.2 Å². The normalized spacial score (nSPS) is 8.70. The number of terminal acetylenes is 1. The Morgan fingerprint density at radius 1 is 1.13 bits per heavy atom. The van der Waals surface area contributed by atoms with Crippen molar-refractivity contribution < 1.29 is 19.1 Å². The van der Waals surface area contributed by atoms with Crippen LogP contribution in [0.2, 0.25) is 0 Å². The van der Waals surface area contributed by atoms with Crippen molar-refractivity contribution >= 4 is 18.3 Å². The lowest BCUT2D eigenvalue weighted by atomic mass is 10.2. The molecule has 0 aromatic carbocycles. The predicted molar refractivity (Wildman–Crippen MR) is 93.5 cm³/mol. The number of nitrogens with zero attached hydrogens (tertiary/aromatic N) is 1. The van der Waals surface area contributed by atoms with Crippen molar-refractivity contribution in [2.75, 3.05) is 13.2 Å². The van der Waals surface area contributed by atoms with Gasteiger partial charge in [0.2, 0.25) is 6.41 Å². The van der Waals surface area contributed by atoms with Crippen LogP contribution < -0.4 is 0 Å². The van der Waals surface area contributed by atoms with Crippen molar-refractivity contribution in [3.63, 3.8) is 0 Å². The van der Waals surface area contributed by atoms with Gasteiger partial charge < -0.3 is 4.74 Å². The number of allylic oxidation sites excluding steroid dienone is 1. The molecule has 23 heavy (non-hydrogen) atoms. The summed E-state index contributed by atoms with van der Waals surface area (Å²) in [7, 11) is 0. The lowest BCUT2D eigenvalue weighted by Crippen LogP contribution is -2.28. The first-order valence-corrected chi connectivity index (χ1v) is 8.13. The maximum absolute atomic E-state index is 11.4. The van der Waals surface area contributed by atoms with Crippen LogP contribution in [0.15, 0.2) is 12.2 Å². The van der Waals surface area contributed by atoms with E-state index in [4.69, 9.17) is 11.2 Å². The Morgan fingerprint density at radius 3 is 2.22 bits per heavy atom. The molecular formula is C18H31NO4. The SMILES string of the molecule is C#CCOC(=O)CCCCCN(C=O)C(=O)/C=C\C.CC.CC. The molecule has 0 rings (SSSR count). The van der Waals surface area contributed by atoms with Crippen LogP contribution in [-0.2, 0) is 19.1 Å². The third kappa shape index (κ3) is 17.9. The summed E-state index contributed by atoms with van der Waals surface area (Å²) in [5.41, 5.74) is 0. The highest BCUT2D eigenvalue weighted by Gasteiger charge is 2.08. The van der Waals surface area contributed by atoms with Crippen LogP contribution in [0.1, 0.15) is 60.3 Å². The van der Waals surface area contributed by atoms with E-state index in [1.54, 1.807) is 13.0 Å². The number of amides is 2. The topological polar surface area (TPSA) is 63.7 Å². The van der Waals surface area contributed by atoms with Gasteiger partial charge in [-0.1, -0.05) is 46.1 Å². The zero-order chi connectivity index (χ0) is 18.5. The molecule has 5 nitrogen and oxygen atoms in total. The maximum atomic E-state index is 11.4. The van der Waals surface area contributed by atoms with Crippen LogP contribution in [0.5, 0.6) is 0 Å². The predicted octanol–water partition coefficient (Wildman–Crippen LogP) is 3.34. The van der Waals surface area contributed by atoms with E-state index in [-0.39, 0.29) is 18.5 Å². The third-order valence-electron chi connectivity index (χ3n) is 2.32. The summed E-state index contributed by atoms with van der Waals surface area (Å²) < 4.78 is 4.71. The van der Waals surface area contributed by atoms with Gasteiger partial charge in [-0.25, -0.2) is 0 Å². The molecule has 0 atom stereocenters. The van der Waals surface area contributed by atoms with Gasteiger partial charge in [0, 0.05) is 13.0 Å². The fourth-order valence-corrected chi connectivity index (χ4v) is 1.38. The molecule has 132 valence electrons. The number of carbonyl (C=O) groups is 3. The summed E-state index contributed by atoms with van der Waals surface area (Å²) in [4.78, 5) is 34.3. The first kappa shape index (κ1) is 25.8. The number of ether oxygens (including phenoxy) is 1. The lowest BCUT2D eigenvalue weighted by molar-refractivity contribution is -0.142. The van der Waals surface area contributed by atoms with E-state index in [0.717, 1.165) is 11.3 Å². The summed E-state index contributed by atoms with van der Waals surface area (Å²) in [6.07, 6.45) is 10.7. The number of rotatable bonds is 9. The highest BCUT2D eigenvalue weighted by atomic mass is 16.5. The average molecular weight is 325 g/mol. The van der Waals surface area contributed by atoms with Crippen LogP contribution in [0.4, 0.5) is 0 Å². The van der Waals surface area contributed by atoms with Crippen LogP contribution >= 0.6 is 0 Å². The number of imide groups is 1. The Bertz CT molecular complexity index is 370. The minimum absolute atomic E-state index is 0.00436. The fourth-order valence-electron chi connectivity index (χ4n) is 1.38. The molecule has 0 aliphatic rings. The summed E-state index contributed by atoms with van der Waals surface area (Å²) in [6.45, 7) is 10.1. The second-order valence-electron chi connectivity index (χ2n) is 3.81. The van der Waals surface area contributed by atoms with E-state index in [1.807, 2.05) is 27.7 Å². The van der Waals surface area contributed by atoms with Crippen LogP contribution in [0.3, 0.4) is 0 Å². The van der Waals surface area contributed by atoms with E-state index in [2.05, 4.69) is 5.92 Å². The van der Waals surface area contributed by atoms with E-state index < -0.39 is 0 Å². The van der Waals surface area contributed by atoms with Crippen LogP contribution in [-0.4, -0.2) is 36.3 Å². The van der Waals surface area contributed by atoms with E-state index in [1.165, 1.54) is 6.08 Å². The maximum Gasteiger partial charge on any atom is 0.306 e. The standard InChI is InChI=1S/C14H19NO4.2C2H6/c1-3-8-13(17)15(12-16)10-7-5-6-9-14(18)19-11-4-2;2*1-2/h2-3,8,12H,5-7,9-11H2,1H3;2*1-2H3/b8-3-;;. The van der Waals surface area contributed by atoms with Crippen LogP contribution in [0.25, 0.3) is 0 Å². The summed E-state index contributed by atoms with van der Waals surface area (Å²) in [5, 5.41) is 0. The van der Waals surface area contributed by atoms with Gasteiger partial charge in [-0.2, -0.15) is 0 Å². The molecule has 0 saturated heterocycles. The quantitative estimate of drug-likeness (QED) is 0.214. The molecule has 0 aliphatic heterocycles. The van der Waals surface area contributed by atoms with Gasteiger partial charge in [0.05, 0.1) is 0 Å². The van der Waals surface area contributed by atoms with Crippen molar-refractivity contribution in [3.8, 4) is 12.3 Å². The van der Waals surface area contributed by atoms with E-state index >= 15 is 0 Å². The zero-order valence-corrected chi connectivity index (χ0v) is 15.1. The van der Waals surface area contributed by atoms with Gasteiger partial charge in [0.25, 0.3) is 5.91 Å². The summed E-state index contributed by atoms with van der Waals surface area (Å²) in [6, 6.07) is 0. The highest BCUT2D eigenvalue weighted by Crippen LogP contribution is 2.03. The molecule has 0 aromatic rings. The van der Waals surface area contributed by atoms with E-state index in [0.29, 0.717) is 32.2 Å². The molecule has 0 heterocycles. The second kappa shape index (κ2) is 22.2. The molecule has 0 unspecified atom stereocenters. The van der Waals surface area contributed by atoms with Crippen molar-refractivity contribution in [1.82, 2.24) is 4.90 Å². The number of unbranched alkanes of at least 4 members (excludes halogenated alkanes) is 2. The average Bonchev–Trinajstić information content (AvgIpc) is 2.60. The molecular weight excluding hydrogens is 294 g/mol. The Hall–Kier alpha value is -2.09. The molecule has 0 aromatic heterocycles. The molecule has 2 amide bonds. The highest BCUT2D eigenvalue weighted by molar-refractivity contribution is 5.94. The van der Waals surface area contributed by atoms with Crippen molar-refractivity contribution in [2.45, 2.75) is 60.3 Å². The third-order valence-corrected chi connectivity index (χ3v) is 2.32. The molecule has 0 radical (unpaired) electrons. The number of carbonyl (C=O) groups excluding carboxylic acids is 3. The molecule has 0 saturated carbocycles. The molecule has 0 fully saturated rings. The summed E-state index contributed by atoms with van der Waals surface area (Å²) >= 11 is 0. The van der Waals surface area contributed by atoms with Gasteiger partial charge in [-0.15, -0.1) is 6.42 Å². The minimum Gasteiger partial charge on any atom is -0.452 e. The smallest absolute Gasteiger partial charge is 0.306 e. The Balaban J connectivity index is -0.000000919.